The van der Waals surface area contributed by atoms with Crippen molar-refractivity contribution in [2.45, 2.75) is 13.5 Å². The Kier molecular flexibility index (Phi) is 4.47. The van der Waals surface area contributed by atoms with Crippen LogP contribution in [0.15, 0.2) is 30.5 Å². The molecule has 0 radical (unpaired) electrons. The van der Waals surface area contributed by atoms with Crippen LogP contribution in [-0.4, -0.2) is 18.1 Å². The van der Waals surface area contributed by atoms with Gasteiger partial charge in [-0.15, -0.1) is 0 Å². The van der Waals surface area contributed by atoms with E-state index < -0.39 is 17.6 Å². The highest BCUT2D eigenvalue weighted by Gasteiger charge is 2.11. The van der Waals surface area contributed by atoms with Crippen molar-refractivity contribution in [1.29, 1.82) is 0 Å². The Morgan fingerprint density at radius 1 is 1.29 bits per heavy atom. The van der Waals surface area contributed by atoms with Gasteiger partial charge in [0.05, 0.1) is 24.9 Å². The van der Waals surface area contributed by atoms with Gasteiger partial charge in [-0.25, -0.2) is 13.6 Å². The van der Waals surface area contributed by atoms with E-state index in [0.29, 0.717) is 16.8 Å². The van der Waals surface area contributed by atoms with Crippen LogP contribution in [0.2, 0.25) is 0 Å². The number of aromatic nitrogens is 1. The molecular formula is C15H14F2N2O2. The van der Waals surface area contributed by atoms with Gasteiger partial charge in [-0.1, -0.05) is 6.07 Å². The van der Waals surface area contributed by atoms with Crippen LogP contribution >= 0.6 is 0 Å². The van der Waals surface area contributed by atoms with Crippen molar-refractivity contribution in [3.63, 3.8) is 0 Å². The molecule has 1 aromatic carbocycles. The summed E-state index contributed by atoms with van der Waals surface area (Å²) in [7, 11) is 1.28. The highest BCUT2D eigenvalue weighted by atomic mass is 19.1. The number of esters is 1. The summed E-state index contributed by atoms with van der Waals surface area (Å²) < 4.78 is 31.9. The number of hydrogen-bond acceptors (Lipinski definition) is 4. The molecule has 0 atom stereocenters. The SMILES string of the molecule is COC(=O)c1ccc(CNc2c(F)ccc(C)c2F)nc1. The van der Waals surface area contributed by atoms with Crippen molar-refractivity contribution in [3.8, 4) is 0 Å². The van der Waals surface area contributed by atoms with E-state index in [0.717, 1.165) is 0 Å². The minimum absolute atomic E-state index is 0.138. The number of ether oxygens (including phenoxy) is 1. The van der Waals surface area contributed by atoms with Crippen molar-refractivity contribution >= 4 is 11.7 Å². The topological polar surface area (TPSA) is 51.2 Å². The molecule has 1 N–H and O–H groups in total. The number of hydrogen-bond donors (Lipinski definition) is 1. The molecule has 0 saturated carbocycles. The van der Waals surface area contributed by atoms with Gasteiger partial charge in [0.25, 0.3) is 0 Å². The maximum absolute atomic E-state index is 13.8. The Morgan fingerprint density at radius 2 is 2.05 bits per heavy atom. The fourth-order valence-corrected chi connectivity index (χ4v) is 1.77. The first-order chi connectivity index (χ1) is 10.0. The van der Waals surface area contributed by atoms with Gasteiger partial charge in [0, 0.05) is 6.20 Å². The van der Waals surface area contributed by atoms with Crippen molar-refractivity contribution in [2.24, 2.45) is 0 Å². The molecule has 110 valence electrons. The minimum Gasteiger partial charge on any atom is -0.465 e. The van der Waals surface area contributed by atoms with E-state index in [-0.39, 0.29) is 12.2 Å². The molecule has 2 aromatic rings. The van der Waals surface area contributed by atoms with Crippen molar-refractivity contribution in [1.82, 2.24) is 4.98 Å². The summed E-state index contributed by atoms with van der Waals surface area (Å²) in [4.78, 5) is 15.3. The molecule has 0 amide bonds. The quantitative estimate of drug-likeness (QED) is 0.880. The van der Waals surface area contributed by atoms with Crippen molar-refractivity contribution < 1.29 is 18.3 Å². The van der Waals surface area contributed by atoms with E-state index >= 15 is 0 Å². The van der Waals surface area contributed by atoms with Crippen LogP contribution in [0.5, 0.6) is 0 Å². The number of benzene rings is 1. The van der Waals surface area contributed by atoms with Gasteiger partial charge in [-0.05, 0) is 30.7 Å². The number of carbonyl (C=O) groups excluding carboxylic acids is 1. The third-order valence-corrected chi connectivity index (χ3v) is 2.98. The zero-order valence-corrected chi connectivity index (χ0v) is 11.6. The molecule has 0 saturated heterocycles. The molecule has 4 nitrogen and oxygen atoms in total. The Balaban J connectivity index is 2.10. The van der Waals surface area contributed by atoms with Crippen LogP contribution in [0.1, 0.15) is 21.6 Å². The highest BCUT2D eigenvalue weighted by molar-refractivity contribution is 5.88. The Morgan fingerprint density at radius 3 is 2.67 bits per heavy atom. The highest BCUT2D eigenvalue weighted by Crippen LogP contribution is 2.22. The van der Waals surface area contributed by atoms with E-state index in [1.54, 1.807) is 19.1 Å². The molecule has 0 aliphatic carbocycles. The first kappa shape index (κ1) is 14.9. The molecule has 0 aliphatic rings. The van der Waals surface area contributed by atoms with Gasteiger partial charge in [0.2, 0.25) is 0 Å². The van der Waals surface area contributed by atoms with E-state index in [1.165, 1.54) is 25.4 Å². The maximum atomic E-state index is 13.8. The fraction of sp³-hybridized carbons (Fsp3) is 0.200. The molecule has 1 heterocycles. The zero-order valence-electron chi connectivity index (χ0n) is 11.6. The summed E-state index contributed by atoms with van der Waals surface area (Å²) >= 11 is 0. The molecule has 2 rings (SSSR count). The number of pyridine rings is 1. The van der Waals surface area contributed by atoms with Crippen LogP contribution in [-0.2, 0) is 11.3 Å². The van der Waals surface area contributed by atoms with Crippen molar-refractivity contribution in [2.75, 3.05) is 12.4 Å². The monoisotopic (exact) mass is 292 g/mol. The summed E-state index contributed by atoms with van der Waals surface area (Å²) in [6.07, 6.45) is 1.35. The first-order valence-corrected chi connectivity index (χ1v) is 6.24. The average molecular weight is 292 g/mol. The molecule has 0 aliphatic heterocycles. The molecule has 21 heavy (non-hydrogen) atoms. The smallest absolute Gasteiger partial charge is 0.339 e. The molecular weight excluding hydrogens is 278 g/mol. The second kappa shape index (κ2) is 6.30. The fourth-order valence-electron chi connectivity index (χ4n) is 1.77. The van der Waals surface area contributed by atoms with Gasteiger partial charge >= 0.3 is 5.97 Å². The number of rotatable bonds is 4. The molecule has 0 fully saturated rings. The summed E-state index contributed by atoms with van der Waals surface area (Å²) in [5.41, 5.74) is 1.03. The largest absolute Gasteiger partial charge is 0.465 e. The normalized spacial score (nSPS) is 10.3. The van der Waals surface area contributed by atoms with Crippen molar-refractivity contribution in [3.05, 3.63) is 58.9 Å². The standard InChI is InChI=1S/C15H14F2N2O2/c1-9-3-6-12(16)14(13(9)17)19-8-11-5-4-10(7-18-11)15(20)21-2/h3-7,19H,8H2,1-2H3. The van der Waals surface area contributed by atoms with Crippen LogP contribution in [0.25, 0.3) is 0 Å². The lowest BCUT2D eigenvalue weighted by molar-refractivity contribution is 0.0600. The summed E-state index contributed by atoms with van der Waals surface area (Å²) in [5.74, 6) is -1.77. The number of carbonyl (C=O) groups is 1. The van der Waals surface area contributed by atoms with Crippen LogP contribution < -0.4 is 5.32 Å². The van der Waals surface area contributed by atoms with Gasteiger partial charge < -0.3 is 10.1 Å². The van der Waals surface area contributed by atoms with Crippen LogP contribution in [0.3, 0.4) is 0 Å². The van der Waals surface area contributed by atoms with Gasteiger partial charge in [-0.2, -0.15) is 0 Å². The average Bonchev–Trinajstić information content (AvgIpc) is 2.51. The van der Waals surface area contributed by atoms with Crippen LogP contribution in [0, 0.1) is 18.6 Å². The molecule has 0 unspecified atom stereocenters. The second-order valence-corrected chi connectivity index (χ2v) is 4.44. The van der Waals surface area contributed by atoms with E-state index in [2.05, 4.69) is 15.0 Å². The lowest BCUT2D eigenvalue weighted by Crippen LogP contribution is -2.07. The second-order valence-electron chi connectivity index (χ2n) is 4.44. The predicted octanol–water partition coefficient (Wildman–Crippen LogP) is 3.07. The maximum Gasteiger partial charge on any atom is 0.339 e. The lowest BCUT2D eigenvalue weighted by Gasteiger charge is -2.10. The number of nitrogens with one attached hydrogen (secondary N) is 1. The lowest BCUT2D eigenvalue weighted by atomic mass is 10.2. The summed E-state index contributed by atoms with van der Waals surface area (Å²) in [5, 5.41) is 2.67. The van der Waals surface area contributed by atoms with Crippen LogP contribution in [0.4, 0.5) is 14.5 Å². The third-order valence-electron chi connectivity index (χ3n) is 2.98. The Hall–Kier alpha value is -2.50. The number of aryl methyl sites for hydroxylation is 1. The number of anilines is 1. The number of methoxy groups -OCH3 is 1. The van der Waals surface area contributed by atoms with Gasteiger partial charge in [-0.3, -0.25) is 4.98 Å². The first-order valence-electron chi connectivity index (χ1n) is 6.24. The number of halogens is 2. The van der Waals surface area contributed by atoms with Gasteiger partial charge in [0.1, 0.15) is 11.5 Å². The summed E-state index contributed by atoms with van der Waals surface area (Å²) in [6.45, 7) is 1.70. The minimum atomic E-state index is -0.663. The predicted molar refractivity (Wildman–Crippen MR) is 74.0 cm³/mol. The van der Waals surface area contributed by atoms with E-state index in [1.807, 2.05) is 0 Å². The van der Waals surface area contributed by atoms with Gasteiger partial charge in [0.15, 0.2) is 5.82 Å². The van der Waals surface area contributed by atoms with E-state index in [4.69, 9.17) is 0 Å². The molecule has 1 aromatic heterocycles. The Labute approximate surface area is 120 Å². The molecule has 0 spiro atoms. The van der Waals surface area contributed by atoms with E-state index in [9.17, 15) is 13.6 Å². The zero-order chi connectivity index (χ0) is 15.4. The molecule has 6 heteroatoms. The summed E-state index contributed by atoms with van der Waals surface area (Å²) in [6, 6.07) is 5.71. The Bertz CT molecular complexity index is 657. The number of nitrogens with zero attached hydrogens (tertiary/aromatic N) is 1. The molecule has 0 bridgehead atoms. The third kappa shape index (κ3) is 3.34.